The fraction of sp³-hybridized carbons (Fsp3) is 0.263. The molecule has 0 atom stereocenters. The molecule has 0 N–H and O–H groups in total. The molecule has 0 aliphatic carbocycles. The smallest absolute Gasteiger partial charge is 0.191 e. The summed E-state index contributed by atoms with van der Waals surface area (Å²) in [5.41, 5.74) is 1.04. The zero-order chi connectivity index (χ0) is 18.2. The molecule has 0 unspecified atom stereocenters. The molecular weight excluding hydrogens is 370 g/mol. The van der Waals surface area contributed by atoms with Gasteiger partial charge in [0.2, 0.25) is 0 Å². The average Bonchev–Trinajstić information content (AvgIpc) is 3.08. The minimum absolute atomic E-state index is 0.534. The van der Waals surface area contributed by atoms with Gasteiger partial charge in [-0.05, 0) is 12.1 Å². The van der Waals surface area contributed by atoms with Crippen LogP contribution < -0.4 is 4.74 Å². The third-order valence-corrected chi connectivity index (χ3v) is 4.92. The molecule has 26 heavy (non-hydrogen) atoms. The zero-order valence-electron chi connectivity index (χ0n) is 14.5. The molecule has 1 heterocycles. The summed E-state index contributed by atoms with van der Waals surface area (Å²) in [5.74, 6) is 2.28. The van der Waals surface area contributed by atoms with Crippen LogP contribution in [0.4, 0.5) is 0 Å². The second kappa shape index (κ2) is 9.62. The molecule has 5 nitrogen and oxygen atoms in total. The Balaban J connectivity index is 1.65. The molecule has 3 aromatic rings. The van der Waals surface area contributed by atoms with E-state index in [0.717, 1.165) is 22.3 Å². The number of halogens is 1. The van der Waals surface area contributed by atoms with E-state index >= 15 is 0 Å². The lowest BCUT2D eigenvalue weighted by atomic mass is 10.2. The van der Waals surface area contributed by atoms with E-state index in [2.05, 4.69) is 14.8 Å². The van der Waals surface area contributed by atoms with Gasteiger partial charge in [0.15, 0.2) is 11.0 Å². The summed E-state index contributed by atoms with van der Waals surface area (Å²) in [4.78, 5) is 0. The quantitative estimate of drug-likeness (QED) is 0.400. The first-order chi connectivity index (χ1) is 12.8. The first-order valence-corrected chi connectivity index (χ1v) is 9.63. The molecule has 0 spiro atoms. The van der Waals surface area contributed by atoms with Crippen LogP contribution in [0.5, 0.6) is 5.75 Å². The second-order valence-corrected chi connectivity index (χ2v) is 6.91. The van der Waals surface area contributed by atoms with Gasteiger partial charge < -0.3 is 9.47 Å². The van der Waals surface area contributed by atoms with Crippen LogP contribution in [0.1, 0.15) is 0 Å². The highest BCUT2D eigenvalue weighted by atomic mass is 35.5. The number of nitrogens with zero attached hydrogens (tertiary/aromatic N) is 3. The van der Waals surface area contributed by atoms with Crippen LogP contribution in [0.3, 0.4) is 0 Å². The molecule has 1 aromatic heterocycles. The van der Waals surface area contributed by atoms with Gasteiger partial charge in [0, 0.05) is 18.4 Å². The van der Waals surface area contributed by atoms with Gasteiger partial charge in [-0.15, -0.1) is 10.2 Å². The summed E-state index contributed by atoms with van der Waals surface area (Å²) in [6, 6.07) is 17.5. The number of hydrogen-bond acceptors (Lipinski definition) is 5. The SMILES string of the molecule is COCCn1c(SCCOc2ccccc2Cl)nnc1-c1ccccc1. The van der Waals surface area contributed by atoms with Gasteiger partial charge in [0.1, 0.15) is 5.75 Å². The number of para-hydroxylation sites is 1. The maximum Gasteiger partial charge on any atom is 0.191 e. The first-order valence-electron chi connectivity index (χ1n) is 8.27. The Morgan fingerprint density at radius 2 is 1.77 bits per heavy atom. The van der Waals surface area contributed by atoms with Crippen LogP contribution in [0, 0.1) is 0 Å². The molecule has 0 bridgehead atoms. The summed E-state index contributed by atoms with van der Waals surface area (Å²) in [5, 5.41) is 10.2. The maximum absolute atomic E-state index is 6.10. The van der Waals surface area contributed by atoms with Crippen LogP contribution in [-0.4, -0.2) is 40.8 Å². The van der Waals surface area contributed by atoms with Gasteiger partial charge in [-0.2, -0.15) is 0 Å². The van der Waals surface area contributed by atoms with E-state index < -0.39 is 0 Å². The van der Waals surface area contributed by atoms with Gasteiger partial charge in [-0.3, -0.25) is 4.57 Å². The Hall–Kier alpha value is -2.02. The monoisotopic (exact) mass is 389 g/mol. The number of rotatable bonds is 9. The number of benzene rings is 2. The molecule has 0 aliphatic rings. The standard InChI is InChI=1S/C19H20ClN3O2S/c1-24-12-11-23-18(15-7-3-2-4-8-15)21-22-19(23)26-14-13-25-17-10-6-5-9-16(17)20/h2-10H,11-14H2,1H3. The fourth-order valence-electron chi connectivity index (χ4n) is 2.43. The Morgan fingerprint density at radius 1 is 1.00 bits per heavy atom. The van der Waals surface area contributed by atoms with Crippen molar-refractivity contribution in [3.05, 3.63) is 59.6 Å². The lowest BCUT2D eigenvalue weighted by molar-refractivity contribution is 0.185. The number of aromatic nitrogens is 3. The summed E-state index contributed by atoms with van der Waals surface area (Å²) in [6.07, 6.45) is 0. The summed E-state index contributed by atoms with van der Waals surface area (Å²) < 4.78 is 13.1. The highest BCUT2D eigenvalue weighted by Crippen LogP contribution is 2.25. The average molecular weight is 390 g/mol. The van der Waals surface area contributed by atoms with E-state index in [0.29, 0.717) is 30.5 Å². The molecule has 0 saturated carbocycles. The molecule has 7 heteroatoms. The highest BCUT2D eigenvalue weighted by Gasteiger charge is 2.14. The lowest BCUT2D eigenvalue weighted by Crippen LogP contribution is -2.08. The van der Waals surface area contributed by atoms with Gasteiger partial charge >= 0.3 is 0 Å². The Bertz CT molecular complexity index is 827. The van der Waals surface area contributed by atoms with E-state index in [4.69, 9.17) is 21.1 Å². The topological polar surface area (TPSA) is 49.2 Å². The predicted molar refractivity (Wildman–Crippen MR) is 105 cm³/mol. The fourth-order valence-corrected chi connectivity index (χ4v) is 3.40. The number of ether oxygens (including phenoxy) is 2. The van der Waals surface area contributed by atoms with Crippen molar-refractivity contribution in [3.63, 3.8) is 0 Å². The highest BCUT2D eigenvalue weighted by molar-refractivity contribution is 7.99. The lowest BCUT2D eigenvalue weighted by Gasteiger charge is -2.10. The van der Waals surface area contributed by atoms with Crippen molar-refractivity contribution in [2.45, 2.75) is 11.7 Å². The van der Waals surface area contributed by atoms with Gasteiger partial charge in [0.05, 0.1) is 24.8 Å². The van der Waals surface area contributed by atoms with E-state index in [1.54, 1.807) is 18.9 Å². The summed E-state index contributed by atoms with van der Waals surface area (Å²) in [7, 11) is 1.69. The first kappa shape index (κ1) is 18.8. The second-order valence-electron chi connectivity index (χ2n) is 5.44. The van der Waals surface area contributed by atoms with E-state index in [-0.39, 0.29) is 0 Å². The van der Waals surface area contributed by atoms with Crippen LogP contribution >= 0.6 is 23.4 Å². The number of methoxy groups -OCH3 is 1. The molecule has 136 valence electrons. The minimum Gasteiger partial charge on any atom is -0.491 e. The summed E-state index contributed by atoms with van der Waals surface area (Å²) >= 11 is 7.71. The van der Waals surface area contributed by atoms with Crippen molar-refractivity contribution in [3.8, 4) is 17.1 Å². The molecule has 0 fully saturated rings. The maximum atomic E-state index is 6.10. The molecule has 0 aliphatic heterocycles. The van der Waals surface area contributed by atoms with Crippen LogP contribution in [-0.2, 0) is 11.3 Å². The Kier molecular flexibility index (Phi) is 6.94. The van der Waals surface area contributed by atoms with Crippen molar-refractivity contribution in [2.24, 2.45) is 0 Å². The number of thioether (sulfide) groups is 1. The van der Waals surface area contributed by atoms with Crippen molar-refractivity contribution >= 4 is 23.4 Å². The van der Waals surface area contributed by atoms with Crippen molar-refractivity contribution < 1.29 is 9.47 Å². The van der Waals surface area contributed by atoms with Crippen LogP contribution in [0.2, 0.25) is 5.02 Å². The Morgan fingerprint density at radius 3 is 2.54 bits per heavy atom. The van der Waals surface area contributed by atoms with Crippen molar-refractivity contribution in [1.82, 2.24) is 14.8 Å². The van der Waals surface area contributed by atoms with Crippen LogP contribution in [0.15, 0.2) is 59.8 Å². The van der Waals surface area contributed by atoms with Crippen molar-refractivity contribution in [2.75, 3.05) is 26.1 Å². The third-order valence-electron chi connectivity index (χ3n) is 3.68. The molecule has 2 aromatic carbocycles. The Labute approximate surface area is 162 Å². The largest absolute Gasteiger partial charge is 0.491 e. The molecule has 0 saturated heterocycles. The molecule has 0 radical (unpaired) electrons. The summed E-state index contributed by atoms with van der Waals surface area (Å²) in [6.45, 7) is 1.83. The van der Waals surface area contributed by atoms with Crippen molar-refractivity contribution in [1.29, 1.82) is 0 Å². The predicted octanol–water partition coefficient (Wildman–Crippen LogP) is 4.42. The molecule has 3 rings (SSSR count). The van der Waals surface area contributed by atoms with Gasteiger partial charge in [-0.25, -0.2) is 0 Å². The van der Waals surface area contributed by atoms with Crippen LogP contribution in [0.25, 0.3) is 11.4 Å². The molecule has 0 amide bonds. The van der Waals surface area contributed by atoms with E-state index in [1.807, 2.05) is 54.6 Å². The third kappa shape index (κ3) is 4.78. The van der Waals surface area contributed by atoms with E-state index in [1.165, 1.54) is 0 Å². The zero-order valence-corrected chi connectivity index (χ0v) is 16.0. The van der Waals surface area contributed by atoms with Gasteiger partial charge in [-0.1, -0.05) is 65.8 Å². The normalized spacial score (nSPS) is 10.8. The number of hydrogen-bond donors (Lipinski definition) is 0. The van der Waals surface area contributed by atoms with E-state index in [9.17, 15) is 0 Å². The minimum atomic E-state index is 0.534. The molecular formula is C19H20ClN3O2S. The van der Waals surface area contributed by atoms with Gasteiger partial charge in [0.25, 0.3) is 0 Å².